The van der Waals surface area contributed by atoms with E-state index in [4.69, 9.17) is 4.74 Å². The summed E-state index contributed by atoms with van der Waals surface area (Å²) in [5, 5.41) is 0. The van der Waals surface area contributed by atoms with Crippen LogP contribution in [0.15, 0.2) is 24.3 Å². The van der Waals surface area contributed by atoms with E-state index in [1.165, 1.54) is 18.4 Å². The van der Waals surface area contributed by atoms with Crippen molar-refractivity contribution >= 4 is 0 Å². The molecule has 1 aliphatic carbocycles. The number of hydrogen-bond acceptors (Lipinski definition) is 1. The van der Waals surface area contributed by atoms with Crippen LogP contribution in [0.25, 0.3) is 0 Å². The van der Waals surface area contributed by atoms with Gasteiger partial charge in [-0.1, -0.05) is 12.1 Å². The first-order chi connectivity index (χ1) is 6.31. The van der Waals surface area contributed by atoms with Gasteiger partial charge in [-0.3, -0.25) is 0 Å². The van der Waals surface area contributed by atoms with Crippen LogP contribution in [-0.4, -0.2) is 7.11 Å². The Hall–Kier alpha value is -0.980. The van der Waals surface area contributed by atoms with Crippen molar-refractivity contribution in [2.24, 2.45) is 5.92 Å². The van der Waals surface area contributed by atoms with Crippen LogP contribution < -0.4 is 4.74 Å². The fourth-order valence-corrected chi connectivity index (χ4v) is 1.86. The van der Waals surface area contributed by atoms with Gasteiger partial charge in [-0.15, -0.1) is 0 Å². The average Bonchev–Trinajstić information content (AvgIpc) is 2.17. The Bertz CT molecular complexity index is 276. The van der Waals surface area contributed by atoms with E-state index in [0.717, 1.165) is 5.75 Å². The first-order valence-electron chi connectivity index (χ1n) is 4.78. The predicted molar refractivity (Wildman–Crippen MR) is 53.8 cm³/mol. The molecular formula is C12H15O. The summed E-state index contributed by atoms with van der Waals surface area (Å²) in [6.45, 7) is 4.11. The maximum Gasteiger partial charge on any atom is 0.118 e. The summed E-state index contributed by atoms with van der Waals surface area (Å²) in [6, 6.07) is 8.36. The second kappa shape index (κ2) is 3.41. The molecule has 69 valence electrons. The van der Waals surface area contributed by atoms with E-state index in [-0.39, 0.29) is 0 Å². The van der Waals surface area contributed by atoms with Crippen LogP contribution in [0.5, 0.6) is 5.75 Å². The molecule has 0 heterocycles. The van der Waals surface area contributed by atoms with Crippen molar-refractivity contribution in [2.75, 3.05) is 7.11 Å². The maximum absolute atomic E-state index is 5.11. The van der Waals surface area contributed by atoms with Crippen molar-refractivity contribution in [3.8, 4) is 5.75 Å². The van der Waals surface area contributed by atoms with Gasteiger partial charge in [-0.05, 0) is 49.3 Å². The number of benzene rings is 1. The van der Waals surface area contributed by atoms with E-state index in [1.54, 1.807) is 7.11 Å². The number of hydrogen-bond donors (Lipinski definition) is 0. The molecule has 1 radical (unpaired) electrons. The van der Waals surface area contributed by atoms with E-state index >= 15 is 0 Å². The minimum Gasteiger partial charge on any atom is -0.497 e. The molecule has 0 amide bonds. The number of rotatable bonds is 2. The van der Waals surface area contributed by atoms with Crippen molar-refractivity contribution in [2.45, 2.75) is 18.8 Å². The predicted octanol–water partition coefficient (Wildman–Crippen LogP) is 3.02. The zero-order valence-electron chi connectivity index (χ0n) is 7.99. The normalized spacial score (nSPS) is 26.6. The van der Waals surface area contributed by atoms with E-state index < -0.39 is 0 Å². The highest BCUT2D eigenvalue weighted by Crippen LogP contribution is 2.41. The summed E-state index contributed by atoms with van der Waals surface area (Å²) >= 11 is 0. The summed E-state index contributed by atoms with van der Waals surface area (Å²) < 4.78 is 5.11. The standard InChI is InChI=1S/C12H15O/c1-9-3-8-12(9)10-4-6-11(13-2)7-5-10/h4-7,9,12H,1,3,8H2,2H3. The zero-order valence-corrected chi connectivity index (χ0v) is 7.99. The van der Waals surface area contributed by atoms with Gasteiger partial charge < -0.3 is 4.74 Å². The fourth-order valence-electron chi connectivity index (χ4n) is 1.86. The Morgan fingerprint density at radius 1 is 1.23 bits per heavy atom. The van der Waals surface area contributed by atoms with E-state index in [1.807, 2.05) is 12.1 Å². The van der Waals surface area contributed by atoms with Crippen molar-refractivity contribution in [3.05, 3.63) is 36.8 Å². The summed E-state index contributed by atoms with van der Waals surface area (Å²) in [5.41, 5.74) is 1.41. The second-order valence-electron chi connectivity index (χ2n) is 3.72. The third-order valence-electron chi connectivity index (χ3n) is 2.96. The van der Waals surface area contributed by atoms with Gasteiger partial charge in [0, 0.05) is 0 Å². The van der Waals surface area contributed by atoms with Crippen LogP contribution in [0.1, 0.15) is 24.3 Å². The maximum atomic E-state index is 5.11. The van der Waals surface area contributed by atoms with Gasteiger partial charge in [-0.25, -0.2) is 0 Å². The van der Waals surface area contributed by atoms with Crippen molar-refractivity contribution in [3.63, 3.8) is 0 Å². The molecule has 0 spiro atoms. The molecule has 0 N–H and O–H groups in total. The Morgan fingerprint density at radius 3 is 2.31 bits per heavy atom. The van der Waals surface area contributed by atoms with Crippen LogP contribution in [-0.2, 0) is 0 Å². The van der Waals surface area contributed by atoms with Gasteiger partial charge in [0.15, 0.2) is 0 Å². The zero-order chi connectivity index (χ0) is 9.26. The van der Waals surface area contributed by atoms with Crippen LogP contribution in [0.4, 0.5) is 0 Å². The van der Waals surface area contributed by atoms with Crippen molar-refractivity contribution in [1.82, 2.24) is 0 Å². The topological polar surface area (TPSA) is 9.23 Å². The molecular weight excluding hydrogens is 160 g/mol. The van der Waals surface area contributed by atoms with Crippen LogP contribution in [0.2, 0.25) is 0 Å². The highest BCUT2D eigenvalue weighted by atomic mass is 16.5. The smallest absolute Gasteiger partial charge is 0.118 e. The Labute approximate surface area is 79.7 Å². The molecule has 1 aromatic rings. The third-order valence-corrected chi connectivity index (χ3v) is 2.96. The molecule has 0 aliphatic heterocycles. The van der Waals surface area contributed by atoms with Crippen molar-refractivity contribution < 1.29 is 4.74 Å². The van der Waals surface area contributed by atoms with E-state index in [0.29, 0.717) is 11.8 Å². The fraction of sp³-hybridized carbons (Fsp3) is 0.417. The third kappa shape index (κ3) is 1.55. The van der Waals surface area contributed by atoms with Gasteiger partial charge in [0.2, 0.25) is 0 Å². The lowest BCUT2D eigenvalue weighted by molar-refractivity contribution is 0.313. The quantitative estimate of drug-likeness (QED) is 0.671. The molecule has 2 unspecified atom stereocenters. The van der Waals surface area contributed by atoms with Gasteiger partial charge >= 0.3 is 0 Å². The highest BCUT2D eigenvalue weighted by molar-refractivity contribution is 5.31. The molecule has 1 nitrogen and oxygen atoms in total. The van der Waals surface area contributed by atoms with Gasteiger partial charge in [0.25, 0.3) is 0 Å². The molecule has 2 atom stereocenters. The first-order valence-corrected chi connectivity index (χ1v) is 4.78. The molecule has 13 heavy (non-hydrogen) atoms. The lowest BCUT2D eigenvalue weighted by Gasteiger charge is -2.34. The van der Waals surface area contributed by atoms with Gasteiger partial charge in [-0.2, -0.15) is 0 Å². The van der Waals surface area contributed by atoms with Gasteiger partial charge in [0.05, 0.1) is 7.11 Å². The highest BCUT2D eigenvalue weighted by Gasteiger charge is 2.27. The molecule has 1 aromatic carbocycles. The van der Waals surface area contributed by atoms with Crippen LogP contribution in [0, 0.1) is 12.8 Å². The summed E-state index contributed by atoms with van der Waals surface area (Å²) in [6.07, 6.45) is 2.57. The number of methoxy groups -OCH3 is 1. The SMILES string of the molecule is [CH2]C1CCC1c1ccc(OC)cc1. The minimum atomic E-state index is 0.619. The summed E-state index contributed by atoms with van der Waals surface area (Å²) in [4.78, 5) is 0. The Balaban J connectivity index is 2.13. The molecule has 1 fully saturated rings. The monoisotopic (exact) mass is 175 g/mol. The molecule has 0 saturated heterocycles. The van der Waals surface area contributed by atoms with Crippen LogP contribution >= 0.6 is 0 Å². The molecule has 2 rings (SSSR count). The van der Waals surface area contributed by atoms with E-state index in [9.17, 15) is 0 Å². The van der Waals surface area contributed by atoms with E-state index in [2.05, 4.69) is 19.1 Å². The van der Waals surface area contributed by atoms with Crippen molar-refractivity contribution in [1.29, 1.82) is 0 Å². The molecule has 0 aromatic heterocycles. The Kier molecular flexibility index (Phi) is 2.26. The molecule has 1 aliphatic rings. The van der Waals surface area contributed by atoms with Gasteiger partial charge in [0.1, 0.15) is 5.75 Å². The number of ether oxygens (including phenoxy) is 1. The lowest BCUT2D eigenvalue weighted by atomic mass is 9.71. The summed E-state index contributed by atoms with van der Waals surface area (Å²) in [7, 11) is 1.70. The lowest BCUT2D eigenvalue weighted by Crippen LogP contribution is -2.20. The van der Waals surface area contributed by atoms with Crippen LogP contribution in [0.3, 0.4) is 0 Å². The second-order valence-corrected chi connectivity index (χ2v) is 3.72. The average molecular weight is 175 g/mol. The molecule has 0 bridgehead atoms. The molecule has 1 heteroatoms. The largest absolute Gasteiger partial charge is 0.497 e. The minimum absolute atomic E-state index is 0.619. The molecule has 1 saturated carbocycles. The Morgan fingerprint density at radius 2 is 1.92 bits per heavy atom. The first kappa shape index (κ1) is 8.61. The summed E-state index contributed by atoms with van der Waals surface area (Å²) in [5.74, 6) is 2.24.